The molecule has 1 N–H and O–H groups in total. The van der Waals surface area contributed by atoms with E-state index in [-0.39, 0.29) is 5.91 Å². The monoisotopic (exact) mass is 384 g/mol. The van der Waals surface area contributed by atoms with Crippen molar-refractivity contribution in [2.24, 2.45) is 0 Å². The number of ether oxygens (including phenoxy) is 1. The van der Waals surface area contributed by atoms with Crippen molar-refractivity contribution in [2.75, 3.05) is 16.8 Å². The molecule has 0 unspecified atom stereocenters. The van der Waals surface area contributed by atoms with Gasteiger partial charge in [0.2, 0.25) is 5.91 Å². The Morgan fingerprint density at radius 2 is 2.00 bits per heavy atom. The second-order valence-electron chi connectivity index (χ2n) is 6.56. The number of halogens is 1. The molecule has 27 heavy (non-hydrogen) atoms. The van der Waals surface area contributed by atoms with Crippen LogP contribution < -0.4 is 10.2 Å². The Kier molecular flexibility index (Phi) is 4.58. The van der Waals surface area contributed by atoms with E-state index in [1.807, 2.05) is 12.1 Å². The number of anilines is 2. The molecule has 7 heteroatoms. The first-order chi connectivity index (χ1) is 13.0. The number of hydrogen-bond donors (Lipinski definition) is 1. The first-order valence-electron chi connectivity index (χ1n) is 8.72. The van der Waals surface area contributed by atoms with Crippen molar-refractivity contribution in [3.05, 3.63) is 58.6 Å². The van der Waals surface area contributed by atoms with Gasteiger partial charge in [0.25, 0.3) is 5.91 Å². The fourth-order valence-electron chi connectivity index (χ4n) is 3.41. The predicted octanol–water partition coefficient (Wildman–Crippen LogP) is 3.19. The Morgan fingerprint density at radius 1 is 1.19 bits per heavy atom. The van der Waals surface area contributed by atoms with Gasteiger partial charge in [-0.05, 0) is 36.2 Å². The Hall–Kier alpha value is -2.86. The normalized spacial score (nSPS) is 18.9. The summed E-state index contributed by atoms with van der Waals surface area (Å²) in [5.74, 6) is -0.877. The molecule has 2 aromatic carbocycles. The highest BCUT2D eigenvalue weighted by Crippen LogP contribution is 2.32. The zero-order chi connectivity index (χ0) is 19.0. The number of benzene rings is 2. The molecule has 2 heterocycles. The van der Waals surface area contributed by atoms with E-state index in [2.05, 4.69) is 5.32 Å². The van der Waals surface area contributed by atoms with Gasteiger partial charge in [-0.1, -0.05) is 29.8 Å². The molecule has 4 rings (SSSR count). The van der Waals surface area contributed by atoms with Crippen molar-refractivity contribution in [1.82, 2.24) is 0 Å². The minimum absolute atomic E-state index is 0.0430. The van der Waals surface area contributed by atoms with Crippen LogP contribution in [0.4, 0.5) is 11.4 Å². The lowest BCUT2D eigenvalue weighted by Gasteiger charge is -2.24. The van der Waals surface area contributed by atoms with E-state index in [0.717, 1.165) is 12.0 Å². The second kappa shape index (κ2) is 7.04. The number of hydrogen-bond acceptors (Lipinski definition) is 4. The molecule has 0 spiro atoms. The molecule has 1 saturated heterocycles. The average Bonchev–Trinajstić information content (AvgIpc) is 3.07. The lowest BCUT2D eigenvalue weighted by atomic mass is 9.98. The molecule has 1 fully saturated rings. The Morgan fingerprint density at radius 3 is 2.74 bits per heavy atom. The predicted molar refractivity (Wildman–Crippen MR) is 101 cm³/mol. The third-order valence-electron chi connectivity index (χ3n) is 4.76. The van der Waals surface area contributed by atoms with Crippen LogP contribution in [-0.4, -0.2) is 30.4 Å². The van der Waals surface area contributed by atoms with Gasteiger partial charge in [0, 0.05) is 25.1 Å². The van der Waals surface area contributed by atoms with Crippen LogP contribution >= 0.6 is 11.6 Å². The van der Waals surface area contributed by atoms with Gasteiger partial charge >= 0.3 is 5.97 Å². The summed E-state index contributed by atoms with van der Waals surface area (Å²) in [6.45, 7) is 0.641. The third-order valence-corrected chi connectivity index (χ3v) is 5.07. The summed E-state index contributed by atoms with van der Waals surface area (Å²) < 4.78 is 5.26. The summed E-state index contributed by atoms with van der Waals surface area (Å²) in [6, 6.07) is 12.1. The van der Waals surface area contributed by atoms with Crippen LogP contribution in [-0.2, 0) is 20.7 Å². The summed E-state index contributed by atoms with van der Waals surface area (Å²) in [6.07, 6.45) is 0.749. The van der Waals surface area contributed by atoms with E-state index in [4.69, 9.17) is 16.3 Å². The van der Waals surface area contributed by atoms with E-state index in [1.165, 1.54) is 0 Å². The fraction of sp³-hybridized carbons (Fsp3) is 0.250. The highest BCUT2D eigenvalue weighted by Gasteiger charge is 2.31. The molecule has 2 amide bonds. The summed E-state index contributed by atoms with van der Waals surface area (Å²) >= 11 is 6.30. The SMILES string of the molecule is O=C1O[C@H](C(=O)Nc2ccc(N3CCCC3=O)c(Cl)c2)Cc2ccccc21. The van der Waals surface area contributed by atoms with Crippen LogP contribution in [0.3, 0.4) is 0 Å². The molecule has 2 aliphatic rings. The molecule has 2 aromatic rings. The largest absolute Gasteiger partial charge is 0.448 e. The number of cyclic esters (lactones) is 1. The van der Waals surface area contributed by atoms with Gasteiger partial charge in [0.15, 0.2) is 6.10 Å². The molecular formula is C20H17ClN2O4. The van der Waals surface area contributed by atoms with Gasteiger partial charge in [0.1, 0.15) is 0 Å². The molecule has 138 valence electrons. The van der Waals surface area contributed by atoms with Crippen molar-refractivity contribution >= 4 is 40.8 Å². The van der Waals surface area contributed by atoms with Gasteiger partial charge in [-0.3, -0.25) is 9.59 Å². The molecule has 2 aliphatic heterocycles. The lowest BCUT2D eigenvalue weighted by molar-refractivity contribution is -0.125. The maximum atomic E-state index is 12.5. The maximum Gasteiger partial charge on any atom is 0.339 e. The maximum absolute atomic E-state index is 12.5. The molecule has 0 saturated carbocycles. The van der Waals surface area contributed by atoms with Crippen molar-refractivity contribution < 1.29 is 19.1 Å². The first-order valence-corrected chi connectivity index (χ1v) is 9.10. The van der Waals surface area contributed by atoms with Gasteiger partial charge in [-0.15, -0.1) is 0 Å². The van der Waals surface area contributed by atoms with Crippen molar-refractivity contribution in [3.8, 4) is 0 Å². The van der Waals surface area contributed by atoms with Crippen LogP contribution in [0.5, 0.6) is 0 Å². The molecule has 0 aromatic heterocycles. The third kappa shape index (κ3) is 3.40. The van der Waals surface area contributed by atoms with Crippen LogP contribution in [0.1, 0.15) is 28.8 Å². The first kappa shape index (κ1) is 17.5. The number of amides is 2. The minimum atomic E-state index is -0.897. The number of carbonyl (C=O) groups is 3. The lowest BCUT2D eigenvalue weighted by Crippen LogP contribution is -2.38. The van der Waals surface area contributed by atoms with Gasteiger partial charge < -0.3 is 15.0 Å². The summed E-state index contributed by atoms with van der Waals surface area (Å²) in [5.41, 5.74) is 2.39. The van der Waals surface area contributed by atoms with Crippen molar-refractivity contribution in [3.63, 3.8) is 0 Å². The topological polar surface area (TPSA) is 75.7 Å². The van der Waals surface area contributed by atoms with Gasteiger partial charge in [0.05, 0.1) is 16.3 Å². The van der Waals surface area contributed by atoms with Gasteiger partial charge in [-0.25, -0.2) is 4.79 Å². The van der Waals surface area contributed by atoms with E-state index in [1.54, 1.807) is 35.2 Å². The van der Waals surface area contributed by atoms with E-state index < -0.39 is 18.0 Å². The Labute approximate surface area is 161 Å². The molecule has 0 radical (unpaired) electrons. The zero-order valence-corrected chi connectivity index (χ0v) is 15.2. The number of nitrogens with zero attached hydrogens (tertiary/aromatic N) is 1. The van der Waals surface area contributed by atoms with E-state index in [9.17, 15) is 14.4 Å². The number of carbonyl (C=O) groups excluding carboxylic acids is 3. The Balaban J connectivity index is 1.48. The van der Waals surface area contributed by atoms with Crippen molar-refractivity contribution in [1.29, 1.82) is 0 Å². The van der Waals surface area contributed by atoms with Crippen LogP contribution in [0.25, 0.3) is 0 Å². The van der Waals surface area contributed by atoms with Gasteiger partial charge in [-0.2, -0.15) is 0 Å². The molecule has 0 aliphatic carbocycles. The molecular weight excluding hydrogens is 368 g/mol. The summed E-state index contributed by atoms with van der Waals surface area (Å²) in [5, 5.41) is 3.11. The van der Waals surface area contributed by atoms with E-state index >= 15 is 0 Å². The zero-order valence-electron chi connectivity index (χ0n) is 14.4. The molecule has 6 nitrogen and oxygen atoms in total. The molecule has 0 bridgehead atoms. The highest BCUT2D eigenvalue weighted by atomic mass is 35.5. The van der Waals surface area contributed by atoms with Crippen LogP contribution in [0.15, 0.2) is 42.5 Å². The summed E-state index contributed by atoms with van der Waals surface area (Å²) in [7, 11) is 0. The standard InChI is InChI=1S/C20H17ClN2O4/c21-15-11-13(7-8-16(15)23-9-3-6-18(23)24)22-19(25)17-10-12-4-1-2-5-14(12)20(26)27-17/h1-2,4-5,7-8,11,17H,3,6,9-10H2,(H,22,25)/t17-/m0/s1. The smallest absolute Gasteiger partial charge is 0.339 e. The number of fused-ring (bicyclic) bond motifs is 1. The fourth-order valence-corrected chi connectivity index (χ4v) is 3.69. The molecule has 1 atom stereocenters. The number of rotatable bonds is 3. The van der Waals surface area contributed by atoms with E-state index in [0.29, 0.717) is 41.3 Å². The van der Waals surface area contributed by atoms with Crippen molar-refractivity contribution in [2.45, 2.75) is 25.4 Å². The number of esters is 1. The minimum Gasteiger partial charge on any atom is -0.448 e. The highest BCUT2D eigenvalue weighted by molar-refractivity contribution is 6.34. The van der Waals surface area contributed by atoms with Crippen LogP contribution in [0, 0.1) is 0 Å². The number of nitrogens with one attached hydrogen (secondary N) is 1. The van der Waals surface area contributed by atoms with Crippen LogP contribution in [0.2, 0.25) is 5.02 Å². The quantitative estimate of drug-likeness (QED) is 0.824. The Bertz CT molecular complexity index is 943. The summed E-state index contributed by atoms with van der Waals surface area (Å²) in [4.78, 5) is 38.1. The average molecular weight is 385 g/mol. The second-order valence-corrected chi connectivity index (χ2v) is 6.97.